The van der Waals surface area contributed by atoms with Gasteiger partial charge in [-0.25, -0.2) is 0 Å². The summed E-state index contributed by atoms with van der Waals surface area (Å²) in [5.41, 5.74) is 4.86. The standard InChI is InChI=1S/C22H20O/c23-22(20-11-2-1-3-12-20)16-19-10-5-4-8-17(19)14-15-18-9-6-7-13-21(18)22/h1-13,23H,14-16H2. The van der Waals surface area contributed by atoms with E-state index in [0.717, 1.165) is 24.0 Å². The average molecular weight is 300 g/mol. The van der Waals surface area contributed by atoms with E-state index in [9.17, 15) is 5.11 Å². The van der Waals surface area contributed by atoms with Crippen LogP contribution in [0.2, 0.25) is 0 Å². The third-order valence-corrected chi connectivity index (χ3v) is 4.94. The van der Waals surface area contributed by atoms with Gasteiger partial charge in [0.1, 0.15) is 5.60 Å². The van der Waals surface area contributed by atoms with Crippen molar-refractivity contribution in [3.8, 4) is 0 Å². The van der Waals surface area contributed by atoms with Crippen molar-refractivity contribution in [2.24, 2.45) is 0 Å². The molecule has 0 amide bonds. The van der Waals surface area contributed by atoms with Gasteiger partial charge in [-0.15, -0.1) is 0 Å². The minimum absolute atomic E-state index is 0.615. The van der Waals surface area contributed by atoms with Crippen LogP contribution in [-0.4, -0.2) is 5.11 Å². The number of hydrogen-bond donors (Lipinski definition) is 1. The first-order chi connectivity index (χ1) is 11.3. The van der Waals surface area contributed by atoms with Crippen molar-refractivity contribution >= 4 is 0 Å². The molecule has 1 aliphatic carbocycles. The molecule has 0 spiro atoms. The molecule has 0 saturated heterocycles. The van der Waals surface area contributed by atoms with E-state index in [1.807, 2.05) is 36.4 Å². The molecule has 0 radical (unpaired) electrons. The van der Waals surface area contributed by atoms with Gasteiger partial charge in [0, 0.05) is 6.42 Å². The molecule has 23 heavy (non-hydrogen) atoms. The van der Waals surface area contributed by atoms with Crippen LogP contribution in [0.5, 0.6) is 0 Å². The molecule has 1 heteroatoms. The topological polar surface area (TPSA) is 20.2 Å². The van der Waals surface area contributed by atoms with Crippen molar-refractivity contribution in [2.45, 2.75) is 24.9 Å². The monoisotopic (exact) mass is 300 g/mol. The summed E-state index contributed by atoms with van der Waals surface area (Å²) in [7, 11) is 0. The zero-order valence-electron chi connectivity index (χ0n) is 13.1. The largest absolute Gasteiger partial charge is 0.380 e. The Morgan fingerprint density at radius 3 is 1.96 bits per heavy atom. The maximum Gasteiger partial charge on any atom is 0.119 e. The van der Waals surface area contributed by atoms with Crippen molar-refractivity contribution < 1.29 is 5.11 Å². The Balaban J connectivity index is 1.94. The van der Waals surface area contributed by atoms with Gasteiger partial charge in [-0.1, -0.05) is 78.9 Å². The summed E-state index contributed by atoms with van der Waals surface area (Å²) in [4.78, 5) is 0. The lowest BCUT2D eigenvalue weighted by molar-refractivity contribution is 0.0793. The molecule has 1 nitrogen and oxygen atoms in total. The highest BCUT2D eigenvalue weighted by molar-refractivity contribution is 5.45. The van der Waals surface area contributed by atoms with Crippen LogP contribution in [-0.2, 0) is 24.9 Å². The van der Waals surface area contributed by atoms with Crippen molar-refractivity contribution in [3.05, 3.63) is 107 Å². The summed E-state index contributed by atoms with van der Waals surface area (Å²) in [6.45, 7) is 0. The molecule has 0 bridgehead atoms. The van der Waals surface area contributed by atoms with Crippen LogP contribution in [0.4, 0.5) is 0 Å². The third kappa shape index (κ3) is 2.47. The first kappa shape index (κ1) is 14.2. The lowest BCUT2D eigenvalue weighted by atomic mass is 9.75. The minimum Gasteiger partial charge on any atom is -0.380 e. The van der Waals surface area contributed by atoms with Gasteiger partial charge >= 0.3 is 0 Å². The van der Waals surface area contributed by atoms with Crippen LogP contribution in [0.3, 0.4) is 0 Å². The van der Waals surface area contributed by atoms with Crippen LogP contribution in [0.1, 0.15) is 27.8 Å². The first-order valence-electron chi connectivity index (χ1n) is 8.20. The van der Waals surface area contributed by atoms with Gasteiger partial charge in [-0.2, -0.15) is 0 Å². The Bertz CT molecular complexity index is 822. The first-order valence-corrected chi connectivity index (χ1v) is 8.20. The van der Waals surface area contributed by atoms with Crippen molar-refractivity contribution in [1.29, 1.82) is 0 Å². The molecule has 1 atom stereocenters. The Morgan fingerprint density at radius 2 is 1.17 bits per heavy atom. The predicted molar refractivity (Wildman–Crippen MR) is 93.4 cm³/mol. The zero-order chi connectivity index (χ0) is 15.7. The van der Waals surface area contributed by atoms with Crippen LogP contribution in [0.15, 0.2) is 78.9 Å². The number of benzene rings is 3. The maximum absolute atomic E-state index is 11.7. The fraction of sp³-hybridized carbons (Fsp3) is 0.182. The Hall–Kier alpha value is -2.38. The van der Waals surface area contributed by atoms with E-state index in [1.165, 1.54) is 16.7 Å². The van der Waals surface area contributed by atoms with E-state index >= 15 is 0 Å². The highest BCUT2D eigenvalue weighted by atomic mass is 16.3. The lowest BCUT2D eigenvalue weighted by Crippen LogP contribution is -2.33. The third-order valence-electron chi connectivity index (χ3n) is 4.94. The molecule has 3 aromatic rings. The Kier molecular flexibility index (Phi) is 3.51. The number of hydrogen-bond acceptors (Lipinski definition) is 1. The molecule has 1 N–H and O–H groups in total. The Labute approximate surface area is 137 Å². The van der Waals surface area contributed by atoms with Gasteiger partial charge in [-0.3, -0.25) is 0 Å². The van der Waals surface area contributed by atoms with Gasteiger partial charge in [0.25, 0.3) is 0 Å². The molecule has 0 aliphatic heterocycles. The van der Waals surface area contributed by atoms with Crippen molar-refractivity contribution in [2.75, 3.05) is 0 Å². The van der Waals surface area contributed by atoms with E-state index in [0.29, 0.717) is 6.42 Å². The smallest absolute Gasteiger partial charge is 0.119 e. The van der Waals surface area contributed by atoms with Gasteiger partial charge in [0.15, 0.2) is 0 Å². The van der Waals surface area contributed by atoms with Gasteiger partial charge in [-0.05, 0) is 40.7 Å². The summed E-state index contributed by atoms with van der Waals surface area (Å²) in [6, 6.07) is 26.9. The second-order valence-electron chi connectivity index (χ2n) is 6.33. The number of rotatable bonds is 1. The van der Waals surface area contributed by atoms with Crippen molar-refractivity contribution in [1.82, 2.24) is 0 Å². The molecule has 114 valence electrons. The van der Waals surface area contributed by atoms with Crippen LogP contribution >= 0.6 is 0 Å². The summed E-state index contributed by atoms with van der Waals surface area (Å²) >= 11 is 0. The average Bonchev–Trinajstić information content (AvgIpc) is 2.60. The van der Waals surface area contributed by atoms with Gasteiger partial charge in [0.2, 0.25) is 0 Å². The molecule has 0 fully saturated rings. The van der Waals surface area contributed by atoms with Gasteiger partial charge < -0.3 is 5.11 Å². The predicted octanol–water partition coefficient (Wildman–Crippen LogP) is 4.26. The fourth-order valence-electron chi connectivity index (χ4n) is 3.73. The molecular weight excluding hydrogens is 280 g/mol. The quantitative estimate of drug-likeness (QED) is 0.712. The number of aliphatic hydroxyl groups is 1. The van der Waals surface area contributed by atoms with Crippen LogP contribution in [0, 0.1) is 0 Å². The maximum atomic E-state index is 11.7. The van der Waals surface area contributed by atoms with Crippen LogP contribution < -0.4 is 0 Å². The second kappa shape index (κ2) is 5.68. The Morgan fingerprint density at radius 1 is 0.609 bits per heavy atom. The van der Waals surface area contributed by atoms with E-state index < -0.39 is 5.60 Å². The highest BCUT2D eigenvalue weighted by Gasteiger charge is 2.35. The molecule has 0 saturated carbocycles. The van der Waals surface area contributed by atoms with Crippen molar-refractivity contribution in [3.63, 3.8) is 0 Å². The fourth-order valence-corrected chi connectivity index (χ4v) is 3.73. The highest BCUT2D eigenvalue weighted by Crippen LogP contribution is 2.38. The van der Waals surface area contributed by atoms with Gasteiger partial charge in [0.05, 0.1) is 0 Å². The van der Waals surface area contributed by atoms with Crippen LogP contribution in [0.25, 0.3) is 0 Å². The van der Waals surface area contributed by atoms with E-state index in [1.54, 1.807) is 0 Å². The summed E-state index contributed by atoms with van der Waals surface area (Å²) < 4.78 is 0. The molecule has 1 unspecified atom stereocenters. The number of aryl methyl sites for hydroxylation is 2. The van der Waals surface area contributed by atoms with E-state index in [-0.39, 0.29) is 0 Å². The lowest BCUT2D eigenvalue weighted by Gasteiger charge is -2.34. The molecule has 0 heterocycles. The summed E-state index contributed by atoms with van der Waals surface area (Å²) in [6.07, 6.45) is 2.60. The molecule has 1 aliphatic rings. The SMILES string of the molecule is OC1(c2ccccc2)Cc2ccccc2CCc2ccccc21. The van der Waals surface area contributed by atoms with E-state index in [2.05, 4.69) is 42.5 Å². The number of fused-ring (bicyclic) bond motifs is 2. The molecule has 4 rings (SSSR count). The minimum atomic E-state index is -0.978. The molecular formula is C22H20O. The second-order valence-corrected chi connectivity index (χ2v) is 6.33. The molecule has 3 aromatic carbocycles. The summed E-state index contributed by atoms with van der Waals surface area (Å²) in [5.74, 6) is 0. The zero-order valence-corrected chi connectivity index (χ0v) is 13.1. The normalized spacial score (nSPS) is 20.0. The summed E-state index contributed by atoms with van der Waals surface area (Å²) in [5, 5.41) is 11.7. The molecule has 0 aromatic heterocycles. The van der Waals surface area contributed by atoms with E-state index in [4.69, 9.17) is 0 Å².